The van der Waals surface area contributed by atoms with Crippen LogP contribution in [0.1, 0.15) is 5.56 Å². The van der Waals surface area contributed by atoms with E-state index in [0.717, 1.165) is 10.8 Å². The van der Waals surface area contributed by atoms with Crippen molar-refractivity contribution in [2.75, 3.05) is 46.6 Å². The second kappa shape index (κ2) is 11.8. The molecule has 0 aromatic heterocycles. The van der Waals surface area contributed by atoms with Crippen molar-refractivity contribution >= 4 is 28.8 Å². The Bertz CT molecular complexity index is 1200. The summed E-state index contributed by atoms with van der Waals surface area (Å²) in [6.45, 7) is 1.94. The summed E-state index contributed by atoms with van der Waals surface area (Å²) in [5.41, 5.74) is 3.14. The van der Waals surface area contributed by atoms with Gasteiger partial charge in [0.05, 0.1) is 26.5 Å². The first-order valence-corrected chi connectivity index (χ1v) is 11.2. The Balaban J connectivity index is 1.28. The highest BCUT2D eigenvalue weighted by Gasteiger charge is 2.18. The number of amides is 2. The highest BCUT2D eigenvalue weighted by Crippen LogP contribution is 2.28. The first kappa shape index (κ1) is 24.0. The van der Waals surface area contributed by atoms with E-state index < -0.39 is 0 Å². The zero-order valence-electron chi connectivity index (χ0n) is 19.4. The zero-order valence-corrected chi connectivity index (χ0v) is 19.4. The number of nitrogens with one attached hydrogen (secondary N) is 1. The molecule has 182 valence electrons. The molecule has 1 fully saturated rings. The molecule has 4 rings (SSSR count). The topological polar surface area (TPSA) is 98.7 Å². The van der Waals surface area contributed by atoms with Crippen molar-refractivity contribution < 1.29 is 28.5 Å². The van der Waals surface area contributed by atoms with Gasteiger partial charge in [-0.1, -0.05) is 36.4 Å². The molecule has 0 spiro atoms. The van der Waals surface area contributed by atoms with Crippen molar-refractivity contribution in [2.24, 2.45) is 5.10 Å². The summed E-state index contributed by atoms with van der Waals surface area (Å²) in [5.74, 6) is 1.04. The highest BCUT2D eigenvalue weighted by molar-refractivity contribution is 5.89. The van der Waals surface area contributed by atoms with Gasteiger partial charge in [-0.05, 0) is 35.2 Å². The standard InChI is InChI=1S/C26H27N3O6/c1-32-24-15-19(9-10-23(24)35-18-26(31)29-11-13-33-14-12-29)16-27-28-25(30)17-34-22-8-4-6-20-5-2-3-7-21(20)22/h2-10,15-16H,11-14,17-18H2,1H3,(H,28,30)/b27-16+. The molecular weight excluding hydrogens is 450 g/mol. The predicted molar refractivity (Wildman–Crippen MR) is 131 cm³/mol. The van der Waals surface area contributed by atoms with Crippen LogP contribution in [0.15, 0.2) is 65.8 Å². The average Bonchev–Trinajstić information content (AvgIpc) is 2.91. The minimum Gasteiger partial charge on any atom is -0.493 e. The second-order valence-electron chi connectivity index (χ2n) is 7.75. The molecule has 1 N–H and O–H groups in total. The van der Waals surface area contributed by atoms with Gasteiger partial charge in [0.1, 0.15) is 5.75 Å². The predicted octanol–water partition coefficient (Wildman–Crippen LogP) is 2.62. The third kappa shape index (κ3) is 6.48. The third-order valence-electron chi connectivity index (χ3n) is 5.41. The first-order valence-electron chi connectivity index (χ1n) is 11.2. The average molecular weight is 478 g/mol. The van der Waals surface area contributed by atoms with E-state index in [9.17, 15) is 9.59 Å². The number of benzene rings is 3. The normalized spacial score (nSPS) is 13.6. The minimum atomic E-state index is -0.386. The van der Waals surface area contributed by atoms with E-state index in [1.165, 1.54) is 13.3 Å². The van der Waals surface area contributed by atoms with Crippen molar-refractivity contribution in [1.82, 2.24) is 10.3 Å². The van der Waals surface area contributed by atoms with Crippen molar-refractivity contribution in [3.05, 3.63) is 66.2 Å². The summed E-state index contributed by atoms with van der Waals surface area (Å²) in [5, 5.41) is 5.96. The van der Waals surface area contributed by atoms with Gasteiger partial charge in [0, 0.05) is 18.5 Å². The van der Waals surface area contributed by atoms with Crippen LogP contribution in [0.5, 0.6) is 17.2 Å². The first-order chi connectivity index (χ1) is 17.1. The van der Waals surface area contributed by atoms with Crippen molar-refractivity contribution in [3.63, 3.8) is 0 Å². The lowest BCUT2D eigenvalue weighted by molar-refractivity contribution is -0.137. The van der Waals surface area contributed by atoms with Crippen LogP contribution >= 0.6 is 0 Å². The SMILES string of the molecule is COc1cc(/C=N/NC(=O)COc2cccc3ccccc23)ccc1OCC(=O)N1CCOCC1. The number of hydrogen-bond acceptors (Lipinski definition) is 7. The van der Waals surface area contributed by atoms with Crippen molar-refractivity contribution in [2.45, 2.75) is 0 Å². The summed E-state index contributed by atoms with van der Waals surface area (Å²) < 4.78 is 22.0. The molecule has 1 aliphatic rings. The molecule has 9 nitrogen and oxygen atoms in total. The molecule has 2 amide bonds. The van der Waals surface area contributed by atoms with Crippen LogP contribution < -0.4 is 19.6 Å². The van der Waals surface area contributed by atoms with Gasteiger partial charge in [0.2, 0.25) is 0 Å². The molecule has 9 heteroatoms. The molecule has 35 heavy (non-hydrogen) atoms. The summed E-state index contributed by atoms with van der Waals surface area (Å²) in [4.78, 5) is 26.2. The maximum Gasteiger partial charge on any atom is 0.277 e. The number of hydrogen-bond donors (Lipinski definition) is 1. The lowest BCUT2D eigenvalue weighted by Gasteiger charge is -2.26. The number of carbonyl (C=O) groups excluding carboxylic acids is 2. The number of ether oxygens (including phenoxy) is 4. The molecule has 0 saturated carbocycles. The number of nitrogens with zero attached hydrogens (tertiary/aromatic N) is 2. The van der Waals surface area contributed by atoms with Crippen molar-refractivity contribution in [3.8, 4) is 17.2 Å². The van der Waals surface area contributed by atoms with E-state index in [4.69, 9.17) is 18.9 Å². The molecular formula is C26H27N3O6. The summed E-state index contributed by atoms with van der Waals surface area (Å²) in [6, 6.07) is 18.6. The van der Waals surface area contributed by atoms with Gasteiger partial charge in [-0.25, -0.2) is 5.43 Å². The van der Waals surface area contributed by atoms with Crippen LogP contribution in [0.3, 0.4) is 0 Å². The number of morpholine rings is 1. The van der Waals surface area contributed by atoms with Gasteiger partial charge in [-0.2, -0.15) is 5.10 Å². The fourth-order valence-electron chi connectivity index (χ4n) is 3.60. The van der Waals surface area contributed by atoms with E-state index >= 15 is 0 Å². The molecule has 3 aromatic carbocycles. The van der Waals surface area contributed by atoms with Crippen LogP contribution in [0, 0.1) is 0 Å². The Morgan fingerprint density at radius 2 is 1.74 bits per heavy atom. The Morgan fingerprint density at radius 3 is 2.57 bits per heavy atom. The molecule has 0 atom stereocenters. The molecule has 0 radical (unpaired) electrons. The Morgan fingerprint density at radius 1 is 0.971 bits per heavy atom. The van der Waals surface area contributed by atoms with Crippen molar-refractivity contribution in [1.29, 1.82) is 0 Å². The molecule has 0 bridgehead atoms. The quantitative estimate of drug-likeness (QED) is 0.376. The molecule has 0 unspecified atom stereocenters. The third-order valence-corrected chi connectivity index (χ3v) is 5.41. The van der Waals surface area contributed by atoms with Crippen LogP contribution in [0.2, 0.25) is 0 Å². The smallest absolute Gasteiger partial charge is 0.277 e. The number of rotatable bonds is 9. The molecule has 1 saturated heterocycles. The maximum absolute atomic E-state index is 12.3. The Hall–Kier alpha value is -4.11. The van der Waals surface area contributed by atoms with E-state index in [1.54, 1.807) is 23.1 Å². The van der Waals surface area contributed by atoms with Gasteiger partial charge in [-0.15, -0.1) is 0 Å². The van der Waals surface area contributed by atoms with Gasteiger partial charge in [-0.3, -0.25) is 9.59 Å². The van der Waals surface area contributed by atoms with Crippen LogP contribution in [0.25, 0.3) is 10.8 Å². The summed E-state index contributed by atoms with van der Waals surface area (Å²) in [6.07, 6.45) is 1.49. The fourth-order valence-corrected chi connectivity index (χ4v) is 3.60. The van der Waals surface area contributed by atoms with Crippen LogP contribution in [-0.4, -0.2) is 69.6 Å². The van der Waals surface area contributed by atoms with Gasteiger partial charge in [0.15, 0.2) is 24.7 Å². The van der Waals surface area contributed by atoms with Gasteiger partial charge < -0.3 is 23.8 Å². The molecule has 3 aromatic rings. The maximum atomic E-state index is 12.3. The largest absolute Gasteiger partial charge is 0.493 e. The van der Waals surface area contributed by atoms with Gasteiger partial charge >= 0.3 is 0 Å². The zero-order chi connectivity index (χ0) is 24.5. The number of carbonyl (C=O) groups is 2. The lowest BCUT2D eigenvalue weighted by Crippen LogP contribution is -2.43. The van der Waals surface area contributed by atoms with Crippen LogP contribution in [-0.2, 0) is 14.3 Å². The Labute approximate surface area is 203 Å². The van der Waals surface area contributed by atoms with E-state index in [0.29, 0.717) is 49.1 Å². The highest BCUT2D eigenvalue weighted by atomic mass is 16.5. The number of methoxy groups -OCH3 is 1. The Kier molecular flexibility index (Phi) is 8.13. The number of fused-ring (bicyclic) bond motifs is 1. The lowest BCUT2D eigenvalue weighted by atomic mass is 10.1. The van der Waals surface area contributed by atoms with Gasteiger partial charge in [0.25, 0.3) is 11.8 Å². The molecule has 1 aliphatic heterocycles. The van der Waals surface area contributed by atoms with E-state index in [-0.39, 0.29) is 25.0 Å². The molecule has 0 aliphatic carbocycles. The van der Waals surface area contributed by atoms with E-state index in [2.05, 4.69) is 10.5 Å². The number of hydrazone groups is 1. The fraction of sp³-hybridized carbons (Fsp3) is 0.269. The molecule has 1 heterocycles. The van der Waals surface area contributed by atoms with E-state index in [1.807, 2.05) is 42.5 Å². The monoisotopic (exact) mass is 477 g/mol. The summed E-state index contributed by atoms with van der Waals surface area (Å²) >= 11 is 0. The van der Waals surface area contributed by atoms with Crippen LogP contribution in [0.4, 0.5) is 0 Å². The minimum absolute atomic E-state index is 0.0868. The summed E-state index contributed by atoms with van der Waals surface area (Å²) in [7, 11) is 1.51. The second-order valence-corrected chi connectivity index (χ2v) is 7.75.